The van der Waals surface area contributed by atoms with Gasteiger partial charge in [0.2, 0.25) is 0 Å². The van der Waals surface area contributed by atoms with Gasteiger partial charge in [-0.25, -0.2) is 5.01 Å². The minimum atomic E-state index is -0.164. The van der Waals surface area contributed by atoms with Crippen LogP contribution in [0.5, 0.6) is 5.75 Å². The number of carbonyl (C=O) groups excluding carboxylic acids is 1. The predicted molar refractivity (Wildman–Crippen MR) is 63.2 cm³/mol. The highest BCUT2D eigenvalue weighted by Gasteiger charge is 2.03. The van der Waals surface area contributed by atoms with Crippen molar-refractivity contribution in [2.75, 3.05) is 20.7 Å². The Balaban J connectivity index is 2.48. The number of hydrazine groups is 1. The number of nitrogens with zero attached hydrogens (tertiary/aromatic N) is 1. The zero-order valence-electron chi connectivity index (χ0n) is 10.2. The summed E-state index contributed by atoms with van der Waals surface area (Å²) >= 11 is 0. The van der Waals surface area contributed by atoms with Crippen molar-refractivity contribution in [2.45, 2.75) is 13.8 Å². The summed E-state index contributed by atoms with van der Waals surface area (Å²) in [6.07, 6.45) is 0. The minimum Gasteiger partial charge on any atom is -0.484 e. The standard InChI is InChI=1S/C12H18N2O2/c1-9-5-6-11(7-10(9)2)16-8-12(15)13-14(3)4/h5-7H,8H2,1-4H3,(H,13,15). The molecule has 0 aliphatic heterocycles. The van der Waals surface area contributed by atoms with Crippen LogP contribution in [0.15, 0.2) is 18.2 Å². The van der Waals surface area contributed by atoms with Gasteiger partial charge in [0.05, 0.1) is 0 Å². The SMILES string of the molecule is Cc1ccc(OCC(=O)NN(C)C)cc1C. The van der Waals surface area contributed by atoms with Crippen molar-refractivity contribution in [3.05, 3.63) is 29.3 Å². The van der Waals surface area contributed by atoms with Gasteiger partial charge in [-0.05, 0) is 37.1 Å². The zero-order valence-corrected chi connectivity index (χ0v) is 10.2. The summed E-state index contributed by atoms with van der Waals surface area (Å²) in [5.41, 5.74) is 4.98. The van der Waals surface area contributed by atoms with Crippen molar-refractivity contribution in [3.63, 3.8) is 0 Å². The molecule has 16 heavy (non-hydrogen) atoms. The highest BCUT2D eigenvalue weighted by molar-refractivity contribution is 5.76. The van der Waals surface area contributed by atoms with Gasteiger partial charge >= 0.3 is 0 Å². The van der Waals surface area contributed by atoms with Gasteiger partial charge in [-0.3, -0.25) is 10.2 Å². The molecule has 1 aromatic rings. The second kappa shape index (κ2) is 5.51. The summed E-state index contributed by atoms with van der Waals surface area (Å²) in [4.78, 5) is 11.3. The average Bonchev–Trinajstić information content (AvgIpc) is 2.19. The Morgan fingerprint density at radius 1 is 1.31 bits per heavy atom. The van der Waals surface area contributed by atoms with E-state index >= 15 is 0 Å². The third kappa shape index (κ3) is 3.90. The molecule has 4 nitrogen and oxygen atoms in total. The van der Waals surface area contributed by atoms with Crippen molar-refractivity contribution in [1.29, 1.82) is 0 Å². The van der Waals surface area contributed by atoms with E-state index in [1.165, 1.54) is 5.56 Å². The first-order valence-corrected chi connectivity index (χ1v) is 5.16. The number of amides is 1. The molecule has 0 bridgehead atoms. The van der Waals surface area contributed by atoms with Crippen molar-refractivity contribution in [1.82, 2.24) is 10.4 Å². The van der Waals surface area contributed by atoms with Crippen LogP contribution in [0.1, 0.15) is 11.1 Å². The normalized spacial score (nSPS) is 10.3. The Bertz CT molecular complexity index is 375. The highest BCUT2D eigenvalue weighted by Crippen LogP contribution is 2.16. The summed E-state index contributed by atoms with van der Waals surface area (Å²) in [7, 11) is 3.52. The van der Waals surface area contributed by atoms with Gasteiger partial charge in [-0.1, -0.05) is 6.07 Å². The van der Waals surface area contributed by atoms with Gasteiger partial charge in [0.25, 0.3) is 5.91 Å². The zero-order chi connectivity index (χ0) is 12.1. The molecule has 0 unspecified atom stereocenters. The first kappa shape index (κ1) is 12.5. The van der Waals surface area contributed by atoms with E-state index in [9.17, 15) is 4.79 Å². The van der Waals surface area contributed by atoms with Crippen molar-refractivity contribution < 1.29 is 9.53 Å². The molecule has 0 saturated carbocycles. The lowest BCUT2D eigenvalue weighted by Crippen LogP contribution is -2.39. The first-order valence-electron chi connectivity index (χ1n) is 5.16. The quantitative estimate of drug-likeness (QED) is 0.780. The Kier molecular flexibility index (Phi) is 4.31. The molecule has 0 spiro atoms. The smallest absolute Gasteiger partial charge is 0.272 e. The number of rotatable bonds is 4. The second-order valence-electron chi connectivity index (χ2n) is 3.96. The van der Waals surface area contributed by atoms with E-state index in [0.29, 0.717) is 0 Å². The number of nitrogens with one attached hydrogen (secondary N) is 1. The van der Waals surface area contributed by atoms with E-state index in [0.717, 1.165) is 11.3 Å². The van der Waals surface area contributed by atoms with Gasteiger partial charge in [-0.2, -0.15) is 0 Å². The molecular formula is C12H18N2O2. The van der Waals surface area contributed by atoms with Crippen LogP contribution in [0.25, 0.3) is 0 Å². The van der Waals surface area contributed by atoms with E-state index in [4.69, 9.17) is 4.74 Å². The third-order valence-electron chi connectivity index (χ3n) is 2.20. The maximum Gasteiger partial charge on any atom is 0.272 e. The topological polar surface area (TPSA) is 41.6 Å². The van der Waals surface area contributed by atoms with Gasteiger partial charge in [-0.15, -0.1) is 0 Å². The van der Waals surface area contributed by atoms with Gasteiger partial charge in [0.15, 0.2) is 6.61 Å². The molecule has 1 aromatic carbocycles. The highest BCUT2D eigenvalue weighted by atomic mass is 16.5. The van der Waals surface area contributed by atoms with E-state index in [-0.39, 0.29) is 12.5 Å². The largest absolute Gasteiger partial charge is 0.484 e. The molecule has 0 aliphatic carbocycles. The van der Waals surface area contributed by atoms with Crippen LogP contribution in [0.2, 0.25) is 0 Å². The molecule has 88 valence electrons. The molecule has 1 N–H and O–H groups in total. The summed E-state index contributed by atoms with van der Waals surface area (Å²) in [5, 5.41) is 1.59. The van der Waals surface area contributed by atoms with Crippen LogP contribution in [-0.4, -0.2) is 31.6 Å². The molecule has 4 heteroatoms. The van der Waals surface area contributed by atoms with E-state index < -0.39 is 0 Å². The van der Waals surface area contributed by atoms with Crippen LogP contribution in [0, 0.1) is 13.8 Å². The lowest BCUT2D eigenvalue weighted by Gasteiger charge is -2.12. The average molecular weight is 222 g/mol. The molecule has 0 saturated heterocycles. The molecule has 0 aromatic heterocycles. The third-order valence-corrected chi connectivity index (χ3v) is 2.20. The summed E-state index contributed by atoms with van der Waals surface area (Å²) in [5.74, 6) is 0.556. The molecule has 0 atom stereocenters. The molecule has 0 radical (unpaired) electrons. The fraction of sp³-hybridized carbons (Fsp3) is 0.417. The number of ether oxygens (including phenoxy) is 1. The van der Waals surface area contributed by atoms with Crippen LogP contribution in [-0.2, 0) is 4.79 Å². The Morgan fingerprint density at radius 2 is 2.00 bits per heavy atom. The number of benzene rings is 1. The summed E-state index contributed by atoms with van der Waals surface area (Å²) in [6.45, 7) is 4.08. The van der Waals surface area contributed by atoms with Crippen LogP contribution < -0.4 is 10.2 Å². The number of hydrogen-bond acceptors (Lipinski definition) is 3. The van der Waals surface area contributed by atoms with Crippen LogP contribution in [0.4, 0.5) is 0 Å². The summed E-state index contributed by atoms with van der Waals surface area (Å²) < 4.78 is 5.37. The van der Waals surface area contributed by atoms with Crippen molar-refractivity contribution in [3.8, 4) is 5.75 Å². The Morgan fingerprint density at radius 3 is 2.56 bits per heavy atom. The lowest BCUT2D eigenvalue weighted by molar-refractivity contribution is -0.126. The van der Waals surface area contributed by atoms with Crippen LogP contribution >= 0.6 is 0 Å². The lowest BCUT2D eigenvalue weighted by atomic mass is 10.1. The van der Waals surface area contributed by atoms with Gasteiger partial charge < -0.3 is 4.74 Å². The number of aryl methyl sites for hydroxylation is 2. The monoisotopic (exact) mass is 222 g/mol. The Hall–Kier alpha value is -1.55. The van der Waals surface area contributed by atoms with Gasteiger partial charge in [0.1, 0.15) is 5.75 Å². The first-order chi connectivity index (χ1) is 7.49. The summed E-state index contributed by atoms with van der Waals surface area (Å²) in [6, 6.07) is 5.78. The molecule has 0 heterocycles. The second-order valence-corrected chi connectivity index (χ2v) is 3.96. The number of hydrogen-bond donors (Lipinski definition) is 1. The number of carbonyl (C=O) groups is 1. The molecule has 1 rings (SSSR count). The van der Waals surface area contributed by atoms with Crippen LogP contribution in [0.3, 0.4) is 0 Å². The maximum atomic E-state index is 11.3. The maximum absolute atomic E-state index is 11.3. The fourth-order valence-corrected chi connectivity index (χ4v) is 1.23. The van der Waals surface area contributed by atoms with Crippen molar-refractivity contribution >= 4 is 5.91 Å². The molecule has 0 fully saturated rings. The van der Waals surface area contributed by atoms with Crippen molar-refractivity contribution in [2.24, 2.45) is 0 Å². The molecular weight excluding hydrogens is 204 g/mol. The predicted octanol–water partition coefficient (Wildman–Crippen LogP) is 1.28. The Labute approximate surface area is 96.2 Å². The minimum absolute atomic E-state index is 0.0285. The van der Waals surface area contributed by atoms with E-state index in [1.54, 1.807) is 19.1 Å². The molecule has 1 amide bonds. The van der Waals surface area contributed by atoms with Gasteiger partial charge in [0, 0.05) is 14.1 Å². The fourth-order valence-electron chi connectivity index (χ4n) is 1.23. The van der Waals surface area contributed by atoms with E-state index in [2.05, 4.69) is 5.43 Å². The van der Waals surface area contributed by atoms with E-state index in [1.807, 2.05) is 32.0 Å². The molecule has 0 aliphatic rings.